The predicted molar refractivity (Wildman–Crippen MR) is 88.0 cm³/mol. The van der Waals surface area contributed by atoms with E-state index in [4.69, 9.17) is 17.3 Å². The summed E-state index contributed by atoms with van der Waals surface area (Å²) in [5.74, 6) is 2.12. The summed E-state index contributed by atoms with van der Waals surface area (Å²) in [4.78, 5) is 7.77. The minimum atomic E-state index is 0.266. The van der Waals surface area contributed by atoms with E-state index in [2.05, 4.69) is 27.0 Å². The summed E-state index contributed by atoms with van der Waals surface area (Å²) in [6.45, 7) is 6.01. The van der Waals surface area contributed by atoms with Gasteiger partial charge in [0, 0.05) is 19.1 Å². The number of halogens is 1. The average Bonchev–Trinajstić information content (AvgIpc) is 3.07. The number of nitrogens with zero attached hydrogens (tertiary/aromatic N) is 3. The summed E-state index contributed by atoms with van der Waals surface area (Å²) >= 11 is 7.88. The van der Waals surface area contributed by atoms with Gasteiger partial charge in [0.05, 0.1) is 9.90 Å². The third-order valence-corrected chi connectivity index (χ3v) is 5.86. The zero-order valence-corrected chi connectivity index (χ0v) is 13.8. The van der Waals surface area contributed by atoms with Crippen molar-refractivity contribution >= 4 is 28.9 Å². The first-order valence-corrected chi connectivity index (χ1v) is 8.49. The Hall–Kier alpha value is -1.11. The smallest absolute Gasteiger partial charge is 0.245 e. The number of hydrogen-bond acceptors (Lipinski definition) is 5. The molecular formula is C14H20ClN5S. The lowest BCUT2D eigenvalue weighted by atomic mass is 9.91. The molecule has 1 fully saturated rings. The summed E-state index contributed by atoms with van der Waals surface area (Å²) in [7, 11) is 0. The van der Waals surface area contributed by atoms with Crippen molar-refractivity contribution in [2.45, 2.75) is 32.7 Å². The van der Waals surface area contributed by atoms with E-state index in [9.17, 15) is 0 Å². The number of rotatable bonds is 3. The number of nitrogens with one attached hydrogen (secondary N) is 1. The molecule has 0 saturated carbocycles. The van der Waals surface area contributed by atoms with Crippen LogP contribution in [0.4, 0.5) is 5.95 Å². The molecular weight excluding hydrogens is 306 g/mol. The molecule has 1 atom stereocenters. The second kappa shape index (κ2) is 5.94. The molecule has 1 aliphatic heterocycles. The van der Waals surface area contributed by atoms with Gasteiger partial charge in [-0.05, 0) is 43.6 Å². The highest BCUT2D eigenvalue weighted by Gasteiger charge is 2.24. The Morgan fingerprint density at radius 2 is 2.19 bits per heavy atom. The molecule has 0 bridgehead atoms. The molecule has 1 unspecified atom stereocenters. The van der Waals surface area contributed by atoms with Crippen LogP contribution in [0.25, 0.3) is 10.7 Å². The van der Waals surface area contributed by atoms with Crippen molar-refractivity contribution in [1.29, 1.82) is 0 Å². The van der Waals surface area contributed by atoms with Crippen LogP contribution in [0, 0.1) is 12.8 Å². The van der Waals surface area contributed by atoms with Crippen molar-refractivity contribution in [3.63, 3.8) is 0 Å². The Morgan fingerprint density at radius 3 is 2.76 bits per heavy atom. The molecule has 2 aromatic rings. The molecule has 114 valence electrons. The summed E-state index contributed by atoms with van der Waals surface area (Å²) in [6, 6.07) is 0.266. The highest BCUT2D eigenvalue weighted by atomic mass is 35.5. The molecule has 3 heterocycles. The van der Waals surface area contributed by atoms with Gasteiger partial charge in [-0.25, -0.2) is 0 Å². The van der Waals surface area contributed by atoms with Gasteiger partial charge in [0.1, 0.15) is 0 Å². The summed E-state index contributed by atoms with van der Waals surface area (Å²) < 4.78 is 0. The van der Waals surface area contributed by atoms with Gasteiger partial charge in [-0.3, -0.25) is 5.10 Å². The van der Waals surface area contributed by atoms with Crippen LogP contribution < -0.4 is 10.6 Å². The van der Waals surface area contributed by atoms with Crippen LogP contribution in [0.5, 0.6) is 0 Å². The van der Waals surface area contributed by atoms with E-state index in [1.165, 1.54) is 0 Å². The normalized spacial score (nSPS) is 18.2. The van der Waals surface area contributed by atoms with Crippen LogP contribution in [0.1, 0.15) is 25.3 Å². The van der Waals surface area contributed by atoms with Gasteiger partial charge >= 0.3 is 0 Å². The Balaban J connectivity index is 1.73. The lowest BCUT2D eigenvalue weighted by molar-refractivity contribution is 0.352. The molecule has 1 aliphatic rings. The predicted octanol–water partition coefficient (Wildman–Crippen LogP) is 3.06. The van der Waals surface area contributed by atoms with Crippen molar-refractivity contribution in [3.05, 3.63) is 16.0 Å². The molecule has 3 N–H and O–H groups in total. The quantitative estimate of drug-likeness (QED) is 0.909. The first-order valence-electron chi connectivity index (χ1n) is 7.23. The van der Waals surface area contributed by atoms with Crippen LogP contribution >= 0.6 is 22.9 Å². The minimum Gasteiger partial charge on any atom is -0.340 e. The van der Waals surface area contributed by atoms with E-state index in [1.807, 2.05) is 12.3 Å². The van der Waals surface area contributed by atoms with Gasteiger partial charge in [0.2, 0.25) is 5.95 Å². The summed E-state index contributed by atoms with van der Waals surface area (Å²) in [5.41, 5.74) is 7.06. The lowest BCUT2D eigenvalue weighted by Crippen LogP contribution is -2.40. The van der Waals surface area contributed by atoms with Gasteiger partial charge in [-0.2, -0.15) is 4.98 Å². The molecule has 1 saturated heterocycles. The van der Waals surface area contributed by atoms with E-state index in [-0.39, 0.29) is 6.04 Å². The highest BCUT2D eigenvalue weighted by molar-refractivity contribution is 7.14. The Morgan fingerprint density at radius 1 is 1.48 bits per heavy atom. The van der Waals surface area contributed by atoms with Crippen LogP contribution in [-0.2, 0) is 0 Å². The lowest BCUT2D eigenvalue weighted by Gasteiger charge is -2.32. The standard InChI is InChI=1S/C14H20ClN5S/c1-8-7-21-12(11(8)15)13-17-14(19-18-13)20-5-3-10(4-6-20)9(2)16/h7,9-10H,3-6,16H2,1-2H3,(H,17,18,19). The molecule has 0 amide bonds. The minimum absolute atomic E-state index is 0.266. The van der Waals surface area contributed by atoms with Crippen LogP contribution in [0.2, 0.25) is 5.02 Å². The third kappa shape index (κ3) is 2.93. The molecule has 0 spiro atoms. The van der Waals surface area contributed by atoms with Gasteiger partial charge in [0.25, 0.3) is 0 Å². The molecule has 0 radical (unpaired) electrons. The van der Waals surface area contributed by atoms with Crippen molar-refractivity contribution in [2.24, 2.45) is 11.7 Å². The number of piperidine rings is 1. The zero-order chi connectivity index (χ0) is 15.0. The summed E-state index contributed by atoms with van der Waals surface area (Å²) in [5, 5.41) is 10.1. The fourth-order valence-electron chi connectivity index (χ4n) is 2.71. The molecule has 7 heteroatoms. The number of aromatic nitrogens is 3. The van der Waals surface area contributed by atoms with Gasteiger partial charge in [-0.1, -0.05) is 11.6 Å². The first kappa shape index (κ1) is 14.8. The van der Waals surface area contributed by atoms with E-state index < -0.39 is 0 Å². The Kier molecular flexibility index (Phi) is 4.19. The van der Waals surface area contributed by atoms with Gasteiger partial charge in [0.15, 0.2) is 5.82 Å². The van der Waals surface area contributed by atoms with Crippen LogP contribution in [0.15, 0.2) is 5.38 Å². The number of anilines is 1. The van der Waals surface area contributed by atoms with Gasteiger partial charge < -0.3 is 10.6 Å². The third-order valence-electron chi connectivity index (χ3n) is 4.15. The largest absolute Gasteiger partial charge is 0.340 e. The van der Waals surface area contributed by atoms with Gasteiger partial charge in [-0.15, -0.1) is 16.4 Å². The topological polar surface area (TPSA) is 70.8 Å². The molecule has 3 rings (SSSR count). The number of H-pyrrole nitrogens is 1. The van der Waals surface area contributed by atoms with E-state index in [0.717, 1.165) is 53.2 Å². The monoisotopic (exact) mass is 325 g/mol. The second-order valence-corrected chi connectivity index (χ2v) is 6.99. The van der Waals surface area contributed by atoms with E-state index >= 15 is 0 Å². The Labute approximate surface area is 133 Å². The van der Waals surface area contributed by atoms with E-state index in [0.29, 0.717) is 5.92 Å². The maximum absolute atomic E-state index is 6.29. The van der Waals surface area contributed by atoms with Crippen molar-refractivity contribution in [2.75, 3.05) is 18.0 Å². The summed E-state index contributed by atoms with van der Waals surface area (Å²) in [6.07, 6.45) is 2.20. The number of thiophene rings is 1. The molecule has 2 aromatic heterocycles. The maximum atomic E-state index is 6.29. The highest BCUT2D eigenvalue weighted by Crippen LogP contribution is 2.35. The molecule has 21 heavy (non-hydrogen) atoms. The van der Waals surface area contributed by atoms with Crippen molar-refractivity contribution in [1.82, 2.24) is 15.2 Å². The number of aromatic amines is 1. The number of aryl methyl sites for hydroxylation is 1. The number of nitrogens with two attached hydrogens (primary N) is 1. The molecule has 5 nitrogen and oxygen atoms in total. The SMILES string of the molecule is Cc1csc(-c2nc(N3CCC(C(C)N)CC3)n[nH]2)c1Cl. The fraction of sp³-hybridized carbons (Fsp3) is 0.571. The maximum Gasteiger partial charge on any atom is 0.245 e. The van der Waals surface area contributed by atoms with Crippen LogP contribution in [-0.4, -0.2) is 34.3 Å². The second-order valence-electron chi connectivity index (χ2n) is 5.73. The van der Waals surface area contributed by atoms with E-state index in [1.54, 1.807) is 11.3 Å². The number of hydrogen-bond donors (Lipinski definition) is 2. The zero-order valence-electron chi connectivity index (χ0n) is 12.3. The van der Waals surface area contributed by atoms with Crippen molar-refractivity contribution < 1.29 is 0 Å². The molecule has 0 aromatic carbocycles. The molecule has 0 aliphatic carbocycles. The average molecular weight is 326 g/mol. The Bertz CT molecular complexity index is 613. The van der Waals surface area contributed by atoms with Crippen LogP contribution in [0.3, 0.4) is 0 Å². The van der Waals surface area contributed by atoms with Crippen molar-refractivity contribution in [3.8, 4) is 10.7 Å². The fourth-order valence-corrected chi connectivity index (χ4v) is 3.93. The first-order chi connectivity index (χ1) is 10.1.